The predicted octanol–water partition coefficient (Wildman–Crippen LogP) is 4.45. The number of nitro benzene ring substituents is 1. The highest BCUT2D eigenvalue weighted by atomic mass is 35.5. The van der Waals surface area contributed by atoms with Gasteiger partial charge in [-0.2, -0.15) is 0 Å². The molecule has 0 spiro atoms. The number of ether oxygens (including phenoxy) is 1. The average molecular weight is 481 g/mol. The summed E-state index contributed by atoms with van der Waals surface area (Å²) in [5.41, 5.74) is 0.311. The second-order valence-electron chi connectivity index (χ2n) is 6.19. The molecule has 2 aromatic carbocycles. The summed E-state index contributed by atoms with van der Waals surface area (Å²) < 4.78 is 5.53. The van der Waals surface area contributed by atoms with Crippen molar-refractivity contribution in [2.75, 3.05) is 25.5 Å². The molecule has 0 atom stereocenters. The first kappa shape index (κ1) is 23.1. The van der Waals surface area contributed by atoms with Gasteiger partial charge in [0, 0.05) is 16.8 Å². The smallest absolute Gasteiger partial charge is 0.293 e. The van der Waals surface area contributed by atoms with Crippen LogP contribution in [0.3, 0.4) is 0 Å². The fraction of sp³-hybridized carbons (Fsp3) is 0.200. The van der Waals surface area contributed by atoms with Crippen LogP contribution in [0.2, 0.25) is 5.02 Å². The lowest BCUT2D eigenvalue weighted by atomic mass is 10.2. The minimum absolute atomic E-state index is 0.0710. The highest BCUT2D eigenvalue weighted by Crippen LogP contribution is 2.34. The van der Waals surface area contributed by atoms with Crippen LogP contribution >= 0.6 is 35.1 Å². The first-order chi connectivity index (χ1) is 14.9. The Morgan fingerprint density at radius 1 is 1.23 bits per heavy atom. The van der Waals surface area contributed by atoms with Gasteiger partial charge in [-0.3, -0.25) is 24.6 Å². The van der Waals surface area contributed by atoms with E-state index in [0.717, 1.165) is 16.7 Å². The molecule has 0 aromatic heterocycles. The quantitative estimate of drug-likeness (QED) is 0.242. The fourth-order valence-electron chi connectivity index (χ4n) is 2.67. The van der Waals surface area contributed by atoms with E-state index in [9.17, 15) is 19.7 Å². The lowest BCUT2D eigenvalue weighted by molar-refractivity contribution is -0.387. The SMILES string of the molecule is O=C1S/C(=C\c2ccc(SCCO)c([N+](=O)[O-])c2)C(=O)N1CCOc1ccc(Cl)cc1. The predicted molar refractivity (Wildman–Crippen MR) is 121 cm³/mol. The Morgan fingerprint density at radius 2 is 1.97 bits per heavy atom. The number of carbonyl (C=O) groups excluding carboxylic acids is 2. The number of amides is 2. The normalized spacial score (nSPS) is 15.0. The fourth-order valence-corrected chi connectivity index (χ4v) is 4.42. The van der Waals surface area contributed by atoms with E-state index in [1.807, 2.05) is 0 Å². The zero-order valence-electron chi connectivity index (χ0n) is 16.0. The Labute approximate surface area is 191 Å². The van der Waals surface area contributed by atoms with Crippen molar-refractivity contribution in [3.05, 3.63) is 68.1 Å². The summed E-state index contributed by atoms with van der Waals surface area (Å²) in [4.78, 5) is 37.4. The Bertz CT molecular complexity index is 1030. The van der Waals surface area contributed by atoms with Crippen molar-refractivity contribution in [2.45, 2.75) is 4.90 Å². The second kappa shape index (κ2) is 10.7. The summed E-state index contributed by atoms with van der Waals surface area (Å²) in [5.74, 6) is 0.423. The van der Waals surface area contributed by atoms with Gasteiger partial charge >= 0.3 is 0 Å². The summed E-state index contributed by atoms with van der Waals surface area (Å²) >= 11 is 7.76. The molecule has 2 aromatic rings. The molecule has 0 aliphatic carbocycles. The van der Waals surface area contributed by atoms with Crippen molar-refractivity contribution < 1.29 is 24.4 Å². The van der Waals surface area contributed by atoms with Crippen LogP contribution in [0.15, 0.2) is 52.3 Å². The number of hydrogen-bond donors (Lipinski definition) is 1. The molecule has 0 radical (unpaired) electrons. The number of benzene rings is 2. The summed E-state index contributed by atoms with van der Waals surface area (Å²) in [6.45, 7) is 0.0924. The van der Waals surface area contributed by atoms with Gasteiger partial charge in [0.25, 0.3) is 16.8 Å². The zero-order valence-corrected chi connectivity index (χ0v) is 18.4. The maximum atomic E-state index is 12.6. The molecule has 1 aliphatic rings. The lowest BCUT2D eigenvalue weighted by Gasteiger charge is -2.13. The van der Waals surface area contributed by atoms with Gasteiger partial charge in [-0.05, 0) is 53.7 Å². The summed E-state index contributed by atoms with van der Waals surface area (Å²) in [6.07, 6.45) is 1.46. The van der Waals surface area contributed by atoms with Crippen LogP contribution in [0.4, 0.5) is 10.5 Å². The van der Waals surface area contributed by atoms with E-state index in [-0.39, 0.29) is 30.4 Å². The van der Waals surface area contributed by atoms with Gasteiger partial charge in [-0.25, -0.2) is 0 Å². The van der Waals surface area contributed by atoms with Gasteiger partial charge in [0.1, 0.15) is 12.4 Å². The molecule has 1 saturated heterocycles. The van der Waals surface area contributed by atoms with Crippen LogP contribution < -0.4 is 4.74 Å². The van der Waals surface area contributed by atoms with Crippen LogP contribution in [-0.2, 0) is 4.79 Å². The van der Waals surface area contributed by atoms with Crippen molar-refractivity contribution >= 4 is 58.0 Å². The van der Waals surface area contributed by atoms with Crippen LogP contribution in [0.5, 0.6) is 5.75 Å². The molecule has 31 heavy (non-hydrogen) atoms. The number of aliphatic hydroxyl groups is 1. The van der Waals surface area contributed by atoms with E-state index in [1.165, 1.54) is 23.9 Å². The molecule has 1 fully saturated rings. The summed E-state index contributed by atoms with van der Waals surface area (Å²) in [6, 6.07) is 11.3. The highest BCUT2D eigenvalue weighted by Gasteiger charge is 2.35. The number of nitrogens with zero attached hydrogens (tertiary/aromatic N) is 2. The number of imide groups is 1. The van der Waals surface area contributed by atoms with E-state index in [2.05, 4.69) is 0 Å². The lowest BCUT2D eigenvalue weighted by Crippen LogP contribution is -2.32. The van der Waals surface area contributed by atoms with Crippen LogP contribution in [-0.4, -0.2) is 51.6 Å². The van der Waals surface area contributed by atoms with E-state index in [0.29, 0.717) is 27.0 Å². The van der Waals surface area contributed by atoms with Gasteiger partial charge in [0.15, 0.2) is 0 Å². The third-order valence-electron chi connectivity index (χ3n) is 4.10. The minimum Gasteiger partial charge on any atom is -0.492 e. The molecule has 11 heteroatoms. The Balaban J connectivity index is 1.68. The number of rotatable bonds is 9. The Morgan fingerprint density at radius 3 is 2.65 bits per heavy atom. The Kier molecular flexibility index (Phi) is 7.97. The number of carbonyl (C=O) groups is 2. The molecule has 3 rings (SSSR count). The van der Waals surface area contributed by atoms with Gasteiger partial charge in [0.05, 0.1) is 27.9 Å². The summed E-state index contributed by atoms with van der Waals surface area (Å²) in [5, 5.41) is 20.4. The number of aliphatic hydroxyl groups excluding tert-OH is 1. The van der Waals surface area contributed by atoms with Crippen LogP contribution in [0, 0.1) is 10.1 Å². The molecule has 0 saturated carbocycles. The standard InChI is InChI=1S/C20H17ClN2O6S2/c21-14-2-4-15(5-3-14)29-9-7-22-19(25)18(31-20(22)26)12-13-1-6-17(30-10-8-24)16(11-13)23(27)28/h1-6,11-12,24H,7-10H2/b18-12-. The molecule has 2 amide bonds. The first-order valence-corrected chi connectivity index (χ1v) is 11.2. The van der Waals surface area contributed by atoms with Gasteiger partial charge < -0.3 is 9.84 Å². The van der Waals surface area contributed by atoms with Gasteiger partial charge in [-0.1, -0.05) is 17.7 Å². The molecule has 0 bridgehead atoms. The molecule has 8 nitrogen and oxygen atoms in total. The number of halogens is 1. The number of hydrogen-bond acceptors (Lipinski definition) is 8. The van der Waals surface area contributed by atoms with E-state index >= 15 is 0 Å². The Hall–Kier alpha value is -2.53. The zero-order chi connectivity index (χ0) is 22.4. The second-order valence-corrected chi connectivity index (χ2v) is 8.76. The topological polar surface area (TPSA) is 110 Å². The molecule has 162 valence electrons. The molecule has 1 heterocycles. The maximum absolute atomic E-state index is 12.6. The molecular formula is C20H17ClN2O6S2. The minimum atomic E-state index is -0.517. The third-order valence-corrected chi connectivity index (χ3v) is 6.30. The van der Waals surface area contributed by atoms with E-state index in [4.69, 9.17) is 21.4 Å². The van der Waals surface area contributed by atoms with Crippen molar-refractivity contribution in [3.63, 3.8) is 0 Å². The largest absolute Gasteiger partial charge is 0.492 e. The molecule has 1 aliphatic heterocycles. The third kappa shape index (κ3) is 6.01. The van der Waals surface area contributed by atoms with E-state index in [1.54, 1.807) is 36.4 Å². The van der Waals surface area contributed by atoms with Crippen LogP contribution in [0.25, 0.3) is 6.08 Å². The van der Waals surface area contributed by atoms with Crippen molar-refractivity contribution in [2.24, 2.45) is 0 Å². The maximum Gasteiger partial charge on any atom is 0.293 e. The number of thioether (sulfide) groups is 2. The molecular weight excluding hydrogens is 464 g/mol. The van der Waals surface area contributed by atoms with Crippen molar-refractivity contribution in [3.8, 4) is 5.75 Å². The van der Waals surface area contributed by atoms with Gasteiger partial charge in [-0.15, -0.1) is 11.8 Å². The van der Waals surface area contributed by atoms with Crippen LogP contribution in [0.1, 0.15) is 5.56 Å². The molecule has 1 N–H and O–H groups in total. The first-order valence-electron chi connectivity index (χ1n) is 9.05. The highest BCUT2D eigenvalue weighted by molar-refractivity contribution is 8.18. The summed E-state index contributed by atoms with van der Waals surface area (Å²) in [7, 11) is 0. The monoisotopic (exact) mass is 480 g/mol. The number of nitro groups is 1. The van der Waals surface area contributed by atoms with E-state index < -0.39 is 16.1 Å². The van der Waals surface area contributed by atoms with Crippen molar-refractivity contribution in [1.29, 1.82) is 0 Å². The van der Waals surface area contributed by atoms with Crippen molar-refractivity contribution in [1.82, 2.24) is 4.90 Å². The average Bonchev–Trinajstić information content (AvgIpc) is 3.01. The van der Waals surface area contributed by atoms with Gasteiger partial charge in [0.2, 0.25) is 0 Å². The molecule has 0 unspecified atom stereocenters.